The molecule has 2 atom stereocenters. The molecular formula is C17H21F3N2O2. The first kappa shape index (κ1) is 18.3. The van der Waals surface area contributed by atoms with Gasteiger partial charge in [0, 0.05) is 18.7 Å². The molecular weight excluding hydrogens is 321 g/mol. The minimum atomic E-state index is -4.45. The minimum Gasteiger partial charge on any atom is -0.497 e. The van der Waals surface area contributed by atoms with Crippen molar-refractivity contribution < 1.29 is 22.7 Å². The van der Waals surface area contributed by atoms with Gasteiger partial charge in [-0.05, 0) is 43.0 Å². The van der Waals surface area contributed by atoms with Crippen LogP contribution in [-0.4, -0.2) is 42.7 Å². The molecule has 0 spiro atoms. The van der Waals surface area contributed by atoms with Crippen LogP contribution >= 0.6 is 0 Å². The number of allylic oxidation sites excluding steroid dienone is 1. The number of piperidine rings is 1. The number of benzene rings is 1. The Kier molecular flexibility index (Phi) is 5.54. The Hall–Kier alpha value is -2.02. The second-order valence-electron chi connectivity index (χ2n) is 5.94. The van der Waals surface area contributed by atoms with Gasteiger partial charge >= 0.3 is 6.18 Å². The lowest BCUT2D eigenvalue weighted by atomic mass is 9.97. The SMILES string of the molecule is COc1cccc(C(C)=CC(=O)N2CC(N)CCC2C(F)(F)F)c1. The highest BCUT2D eigenvalue weighted by atomic mass is 19.4. The number of hydrogen-bond donors (Lipinski definition) is 1. The van der Waals surface area contributed by atoms with Crippen molar-refractivity contribution >= 4 is 11.5 Å². The molecule has 1 amide bonds. The molecule has 1 aliphatic heterocycles. The average molecular weight is 342 g/mol. The molecule has 0 radical (unpaired) electrons. The van der Waals surface area contributed by atoms with Crippen molar-refractivity contribution in [3.05, 3.63) is 35.9 Å². The van der Waals surface area contributed by atoms with Crippen LogP contribution in [-0.2, 0) is 4.79 Å². The Morgan fingerprint density at radius 2 is 2.08 bits per heavy atom. The molecule has 2 N–H and O–H groups in total. The van der Waals surface area contributed by atoms with Gasteiger partial charge < -0.3 is 15.4 Å². The lowest BCUT2D eigenvalue weighted by Gasteiger charge is -2.38. The molecule has 1 saturated heterocycles. The van der Waals surface area contributed by atoms with E-state index in [2.05, 4.69) is 0 Å². The van der Waals surface area contributed by atoms with E-state index in [-0.39, 0.29) is 19.4 Å². The highest BCUT2D eigenvalue weighted by Crippen LogP contribution is 2.32. The highest BCUT2D eigenvalue weighted by molar-refractivity contribution is 5.95. The second-order valence-corrected chi connectivity index (χ2v) is 5.94. The number of alkyl halides is 3. The molecule has 4 nitrogen and oxygen atoms in total. The number of nitrogens with zero attached hydrogens (tertiary/aromatic N) is 1. The quantitative estimate of drug-likeness (QED) is 0.859. The maximum atomic E-state index is 13.2. The summed E-state index contributed by atoms with van der Waals surface area (Å²) in [7, 11) is 1.52. The van der Waals surface area contributed by atoms with Crippen molar-refractivity contribution in [2.75, 3.05) is 13.7 Å². The van der Waals surface area contributed by atoms with E-state index in [1.807, 2.05) is 0 Å². The molecule has 1 aliphatic rings. The van der Waals surface area contributed by atoms with Crippen LogP contribution in [0.2, 0.25) is 0 Å². The van der Waals surface area contributed by atoms with E-state index < -0.39 is 24.2 Å². The molecule has 0 saturated carbocycles. The molecule has 1 aromatic rings. The third-order valence-corrected chi connectivity index (χ3v) is 4.14. The smallest absolute Gasteiger partial charge is 0.408 e. The largest absolute Gasteiger partial charge is 0.497 e. The first-order chi connectivity index (χ1) is 11.2. The zero-order valence-corrected chi connectivity index (χ0v) is 13.6. The van der Waals surface area contributed by atoms with Crippen LogP contribution < -0.4 is 10.5 Å². The number of methoxy groups -OCH3 is 1. The van der Waals surface area contributed by atoms with E-state index in [1.165, 1.54) is 13.2 Å². The number of hydrogen-bond acceptors (Lipinski definition) is 3. The fraction of sp³-hybridized carbons (Fsp3) is 0.471. The van der Waals surface area contributed by atoms with Crippen molar-refractivity contribution in [2.45, 2.75) is 38.0 Å². The van der Waals surface area contributed by atoms with Crippen LogP contribution in [0.4, 0.5) is 13.2 Å². The Labute approximate surface area is 139 Å². The average Bonchev–Trinajstić information content (AvgIpc) is 2.53. The second kappa shape index (κ2) is 7.25. The van der Waals surface area contributed by atoms with Crippen molar-refractivity contribution in [1.29, 1.82) is 0 Å². The van der Waals surface area contributed by atoms with Gasteiger partial charge in [0.05, 0.1) is 7.11 Å². The highest BCUT2D eigenvalue weighted by Gasteiger charge is 2.47. The number of ether oxygens (including phenoxy) is 1. The van der Waals surface area contributed by atoms with Gasteiger partial charge in [-0.1, -0.05) is 12.1 Å². The number of carbonyl (C=O) groups is 1. The lowest BCUT2D eigenvalue weighted by molar-refractivity contribution is -0.194. The first-order valence-corrected chi connectivity index (χ1v) is 7.68. The lowest BCUT2D eigenvalue weighted by Crippen LogP contribution is -2.56. The molecule has 24 heavy (non-hydrogen) atoms. The number of nitrogens with two attached hydrogens (primary N) is 1. The molecule has 0 aliphatic carbocycles. The van der Waals surface area contributed by atoms with Crippen LogP contribution in [0, 0.1) is 0 Å². The molecule has 2 rings (SSSR count). The number of likely N-dealkylation sites (tertiary alicyclic amines) is 1. The van der Waals surface area contributed by atoms with Crippen LogP contribution in [0.25, 0.3) is 5.57 Å². The van der Waals surface area contributed by atoms with E-state index in [4.69, 9.17) is 10.5 Å². The molecule has 0 bridgehead atoms. The van der Waals surface area contributed by atoms with E-state index in [9.17, 15) is 18.0 Å². The molecule has 7 heteroatoms. The van der Waals surface area contributed by atoms with Crippen LogP contribution in [0.15, 0.2) is 30.3 Å². The zero-order chi connectivity index (χ0) is 17.9. The van der Waals surface area contributed by atoms with E-state index in [0.29, 0.717) is 16.9 Å². The fourth-order valence-electron chi connectivity index (χ4n) is 2.80. The topological polar surface area (TPSA) is 55.6 Å². The monoisotopic (exact) mass is 342 g/mol. The van der Waals surface area contributed by atoms with Gasteiger partial charge in [0.15, 0.2) is 0 Å². The Morgan fingerprint density at radius 3 is 2.71 bits per heavy atom. The summed E-state index contributed by atoms with van der Waals surface area (Å²) >= 11 is 0. The molecule has 1 heterocycles. The van der Waals surface area contributed by atoms with Gasteiger partial charge in [-0.25, -0.2) is 0 Å². The number of amides is 1. The van der Waals surface area contributed by atoms with E-state index in [0.717, 1.165) is 4.90 Å². The van der Waals surface area contributed by atoms with Gasteiger partial charge in [-0.15, -0.1) is 0 Å². The number of carbonyl (C=O) groups excluding carboxylic acids is 1. The van der Waals surface area contributed by atoms with Crippen molar-refractivity contribution in [3.63, 3.8) is 0 Å². The summed E-state index contributed by atoms with van der Waals surface area (Å²) in [6.07, 6.45) is -3.13. The van der Waals surface area contributed by atoms with Crippen molar-refractivity contribution in [1.82, 2.24) is 4.90 Å². The Balaban J connectivity index is 2.24. The third kappa shape index (κ3) is 4.29. The summed E-state index contributed by atoms with van der Waals surface area (Å²) in [6.45, 7) is 1.59. The summed E-state index contributed by atoms with van der Waals surface area (Å²) in [5, 5.41) is 0. The molecule has 0 aromatic heterocycles. The van der Waals surface area contributed by atoms with Crippen LogP contribution in [0.3, 0.4) is 0 Å². The van der Waals surface area contributed by atoms with E-state index in [1.54, 1.807) is 31.2 Å². The molecule has 2 unspecified atom stereocenters. The van der Waals surface area contributed by atoms with Crippen molar-refractivity contribution in [3.8, 4) is 5.75 Å². The summed E-state index contributed by atoms with van der Waals surface area (Å²) in [5.41, 5.74) is 7.03. The standard InChI is InChI=1S/C17H21F3N2O2/c1-11(12-4-3-5-14(9-12)24-2)8-16(23)22-10-13(21)6-7-15(22)17(18,19)20/h3-5,8-9,13,15H,6-7,10,21H2,1-2H3. The van der Waals surface area contributed by atoms with Crippen LogP contribution in [0.5, 0.6) is 5.75 Å². The van der Waals surface area contributed by atoms with Gasteiger partial charge in [-0.2, -0.15) is 13.2 Å². The first-order valence-electron chi connectivity index (χ1n) is 7.68. The number of halogens is 3. The zero-order valence-electron chi connectivity index (χ0n) is 13.6. The number of rotatable bonds is 3. The fourth-order valence-corrected chi connectivity index (χ4v) is 2.80. The summed E-state index contributed by atoms with van der Waals surface area (Å²) < 4.78 is 44.6. The maximum Gasteiger partial charge on any atom is 0.408 e. The van der Waals surface area contributed by atoms with Gasteiger partial charge in [0.25, 0.3) is 0 Å². The predicted molar refractivity (Wildman–Crippen MR) is 85.4 cm³/mol. The molecule has 1 aromatic carbocycles. The summed E-state index contributed by atoms with van der Waals surface area (Å²) in [4.78, 5) is 13.2. The third-order valence-electron chi connectivity index (χ3n) is 4.14. The predicted octanol–water partition coefficient (Wildman–Crippen LogP) is 2.98. The van der Waals surface area contributed by atoms with Crippen LogP contribution in [0.1, 0.15) is 25.3 Å². The Morgan fingerprint density at radius 1 is 1.38 bits per heavy atom. The van der Waals surface area contributed by atoms with Gasteiger partial charge in [0.2, 0.25) is 5.91 Å². The maximum absolute atomic E-state index is 13.2. The summed E-state index contributed by atoms with van der Waals surface area (Å²) in [6, 6.07) is 4.79. The normalized spacial score (nSPS) is 22.4. The Bertz CT molecular complexity index is 629. The van der Waals surface area contributed by atoms with Crippen molar-refractivity contribution in [2.24, 2.45) is 5.73 Å². The van der Waals surface area contributed by atoms with Gasteiger partial charge in [0.1, 0.15) is 11.8 Å². The van der Waals surface area contributed by atoms with Gasteiger partial charge in [-0.3, -0.25) is 4.79 Å². The minimum absolute atomic E-state index is 0.0924. The molecule has 1 fully saturated rings. The molecule has 132 valence electrons. The van der Waals surface area contributed by atoms with E-state index >= 15 is 0 Å². The summed E-state index contributed by atoms with van der Waals surface area (Å²) in [5.74, 6) is -0.0614.